The van der Waals surface area contributed by atoms with Crippen LogP contribution < -0.4 is 10.1 Å². The second-order valence-corrected chi connectivity index (χ2v) is 9.35. The molecule has 1 atom stereocenters. The monoisotopic (exact) mass is 500 g/mol. The van der Waals surface area contributed by atoms with E-state index in [1.54, 1.807) is 6.33 Å². The molecule has 2 fully saturated rings. The zero-order chi connectivity index (χ0) is 25.1. The lowest BCUT2D eigenvalue weighted by atomic mass is 9.95. The van der Waals surface area contributed by atoms with Crippen LogP contribution in [0.2, 0.25) is 0 Å². The molecule has 4 heterocycles. The van der Waals surface area contributed by atoms with Gasteiger partial charge >= 0.3 is 6.18 Å². The number of nitrogens with zero attached hydrogens (tertiary/aromatic N) is 5. The third kappa shape index (κ3) is 5.29. The van der Waals surface area contributed by atoms with Crippen molar-refractivity contribution < 1.29 is 22.6 Å². The van der Waals surface area contributed by atoms with Crippen LogP contribution in [0.3, 0.4) is 0 Å². The Kier molecular flexibility index (Phi) is 7.07. The van der Waals surface area contributed by atoms with Crippen molar-refractivity contribution in [1.82, 2.24) is 24.8 Å². The molecule has 2 aliphatic heterocycles. The molecule has 36 heavy (non-hydrogen) atoms. The number of hydrogen-bond donors (Lipinski definition) is 1. The van der Waals surface area contributed by atoms with Crippen molar-refractivity contribution in [3.8, 4) is 23.1 Å². The van der Waals surface area contributed by atoms with E-state index in [-0.39, 0.29) is 35.4 Å². The zero-order valence-electron chi connectivity index (χ0n) is 19.7. The summed E-state index contributed by atoms with van der Waals surface area (Å²) in [6, 6.07) is 5.79. The van der Waals surface area contributed by atoms with Gasteiger partial charge in [0.2, 0.25) is 5.82 Å². The van der Waals surface area contributed by atoms with Crippen LogP contribution in [0.1, 0.15) is 37.1 Å². The van der Waals surface area contributed by atoms with Gasteiger partial charge in [0.25, 0.3) is 0 Å². The summed E-state index contributed by atoms with van der Waals surface area (Å²) in [6.07, 6.45) is 0.579. The number of rotatable bonds is 7. The predicted octanol–water partition coefficient (Wildman–Crippen LogP) is 4.19. The van der Waals surface area contributed by atoms with E-state index in [4.69, 9.17) is 9.47 Å². The molecule has 0 spiro atoms. The molecule has 3 aromatic rings. The van der Waals surface area contributed by atoms with E-state index in [0.29, 0.717) is 43.3 Å². The van der Waals surface area contributed by atoms with E-state index < -0.39 is 11.7 Å². The molecule has 0 bridgehead atoms. The Morgan fingerprint density at radius 3 is 2.72 bits per heavy atom. The van der Waals surface area contributed by atoms with Gasteiger partial charge in [-0.05, 0) is 62.9 Å². The molecular weight excluding hydrogens is 473 g/mol. The van der Waals surface area contributed by atoms with Crippen molar-refractivity contribution in [1.29, 1.82) is 5.26 Å². The summed E-state index contributed by atoms with van der Waals surface area (Å²) in [5.74, 6) is 0.393. The number of aromatic nitrogens is 4. The summed E-state index contributed by atoms with van der Waals surface area (Å²) >= 11 is 0. The van der Waals surface area contributed by atoms with Crippen LogP contribution in [0.5, 0.6) is 5.75 Å². The number of alkyl halides is 3. The fraction of sp³-hybridized carbons (Fsp3) is 0.520. The van der Waals surface area contributed by atoms with Gasteiger partial charge in [-0.15, -0.1) is 0 Å². The topological polar surface area (TPSA) is 97.9 Å². The third-order valence-electron chi connectivity index (χ3n) is 6.84. The average molecular weight is 501 g/mol. The van der Waals surface area contributed by atoms with Crippen molar-refractivity contribution in [3.63, 3.8) is 0 Å². The van der Waals surface area contributed by atoms with Crippen LogP contribution >= 0.6 is 0 Å². The quantitative estimate of drug-likeness (QED) is 0.520. The molecule has 8 nitrogen and oxygen atoms in total. The van der Waals surface area contributed by atoms with E-state index in [9.17, 15) is 18.4 Å². The highest BCUT2D eigenvalue weighted by molar-refractivity contribution is 5.88. The highest BCUT2D eigenvalue weighted by Crippen LogP contribution is 2.39. The molecule has 0 saturated carbocycles. The highest BCUT2D eigenvalue weighted by Gasteiger charge is 2.35. The Morgan fingerprint density at radius 1 is 1.17 bits per heavy atom. The van der Waals surface area contributed by atoms with Gasteiger partial charge in [-0.1, -0.05) is 0 Å². The minimum Gasteiger partial charge on any atom is -0.493 e. The molecule has 0 radical (unpaired) electrons. The lowest BCUT2D eigenvalue weighted by Gasteiger charge is -2.23. The van der Waals surface area contributed by atoms with Crippen LogP contribution in [-0.2, 0) is 17.5 Å². The first-order valence-electron chi connectivity index (χ1n) is 12.2. The number of nitriles is 1. The van der Waals surface area contributed by atoms with E-state index >= 15 is 0 Å². The number of hydrogen-bond acceptors (Lipinski definition) is 7. The van der Waals surface area contributed by atoms with Gasteiger partial charge < -0.3 is 19.4 Å². The minimum absolute atomic E-state index is 0.127. The van der Waals surface area contributed by atoms with Crippen LogP contribution in [-0.4, -0.2) is 52.4 Å². The molecule has 0 aliphatic carbocycles. The maximum absolute atomic E-state index is 14.0. The Morgan fingerprint density at radius 2 is 2.00 bits per heavy atom. The summed E-state index contributed by atoms with van der Waals surface area (Å²) in [5.41, 5.74) is 0.272. The van der Waals surface area contributed by atoms with Gasteiger partial charge in [-0.25, -0.2) is 9.97 Å². The first-order valence-corrected chi connectivity index (χ1v) is 12.2. The first kappa shape index (κ1) is 24.5. The lowest BCUT2D eigenvalue weighted by molar-refractivity contribution is -0.138. The first-order chi connectivity index (χ1) is 17.4. The standard InChI is InChI=1S/C25H27F3N6O2/c26-25(27,28)19-11-18(1-2-20(19)36-10-6-16-3-7-30-8-4-16)22-23-24(33-21(12-29)32-22)34(15-31-23)13-17-5-9-35-14-17/h1-2,11,15-17,30H,3-10,13-14H2. The Balaban J connectivity index is 1.45. The van der Waals surface area contributed by atoms with Gasteiger partial charge in [0, 0.05) is 24.6 Å². The van der Waals surface area contributed by atoms with Crippen molar-refractivity contribution in [2.75, 3.05) is 32.9 Å². The second-order valence-electron chi connectivity index (χ2n) is 9.35. The molecule has 2 aliphatic rings. The van der Waals surface area contributed by atoms with Crippen molar-refractivity contribution in [3.05, 3.63) is 35.9 Å². The van der Waals surface area contributed by atoms with Gasteiger partial charge in [0.1, 0.15) is 23.0 Å². The smallest absolute Gasteiger partial charge is 0.419 e. The van der Waals surface area contributed by atoms with Gasteiger partial charge in [-0.3, -0.25) is 0 Å². The molecule has 1 unspecified atom stereocenters. The van der Waals surface area contributed by atoms with E-state index in [1.165, 1.54) is 12.1 Å². The molecule has 190 valence electrons. The van der Waals surface area contributed by atoms with Crippen LogP contribution in [0, 0.1) is 23.2 Å². The number of halogens is 3. The van der Waals surface area contributed by atoms with Crippen LogP contribution in [0.25, 0.3) is 22.4 Å². The summed E-state index contributed by atoms with van der Waals surface area (Å²) < 4.78 is 54.9. The van der Waals surface area contributed by atoms with Gasteiger partial charge in [0.05, 0.1) is 25.1 Å². The molecule has 5 rings (SSSR count). The lowest BCUT2D eigenvalue weighted by Crippen LogP contribution is -2.28. The molecule has 2 saturated heterocycles. The van der Waals surface area contributed by atoms with E-state index in [0.717, 1.165) is 38.4 Å². The van der Waals surface area contributed by atoms with E-state index in [1.807, 2.05) is 10.6 Å². The largest absolute Gasteiger partial charge is 0.493 e. The Labute approximate surface area is 206 Å². The molecule has 11 heteroatoms. The molecular formula is C25H27F3N6O2. The average Bonchev–Trinajstić information content (AvgIpc) is 3.54. The zero-order valence-corrected chi connectivity index (χ0v) is 19.7. The molecule has 2 aromatic heterocycles. The van der Waals surface area contributed by atoms with Gasteiger partial charge in [-0.2, -0.15) is 23.4 Å². The summed E-state index contributed by atoms with van der Waals surface area (Å²) in [7, 11) is 0. The third-order valence-corrected chi connectivity index (χ3v) is 6.84. The normalized spacial score (nSPS) is 19.0. The number of fused-ring (bicyclic) bond motifs is 1. The minimum atomic E-state index is -4.62. The molecule has 0 amide bonds. The summed E-state index contributed by atoms with van der Waals surface area (Å²) in [4.78, 5) is 12.9. The number of imidazole rings is 1. The van der Waals surface area contributed by atoms with Crippen molar-refractivity contribution in [2.45, 2.75) is 38.4 Å². The maximum atomic E-state index is 14.0. The number of piperidine rings is 1. The number of benzene rings is 1. The summed E-state index contributed by atoms with van der Waals surface area (Å²) in [5, 5.41) is 12.8. The highest BCUT2D eigenvalue weighted by atomic mass is 19.4. The fourth-order valence-electron chi connectivity index (χ4n) is 4.87. The SMILES string of the molecule is N#Cc1nc(-c2ccc(OCCC3CCNCC3)c(C(F)(F)F)c2)c2ncn(CC3CCOC3)c2n1. The maximum Gasteiger partial charge on any atom is 0.419 e. The van der Waals surface area contributed by atoms with Crippen molar-refractivity contribution >= 4 is 11.2 Å². The van der Waals surface area contributed by atoms with Crippen LogP contribution in [0.15, 0.2) is 24.5 Å². The van der Waals surface area contributed by atoms with Crippen LogP contribution in [0.4, 0.5) is 13.2 Å². The fourth-order valence-corrected chi connectivity index (χ4v) is 4.87. The second kappa shape index (κ2) is 10.4. The number of nitrogens with one attached hydrogen (secondary N) is 1. The number of ether oxygens (including phenoxy) is 2. The summed E-state index contributed by atoms with van der Waals surface area (Å²) in [6.45, 7) is 3.98. The predicted molar refractivity (Wildman–Crippen MR) is 125 cm³/mol. The molecule has 1 aromatic carbocycles. The van der Waals surface area contributed by atoms with Gasteiger partial charge in [0.15, 0.2) is 5.65 Å². The Bertz CT molecular complexity index is 1260. The molecule has 1 N–H and O–H groups in total. The van der Waals surface area contributed by atoms with E-state index in [2.05, 4.69) is 20.3 Å². The Hall–Kier alpha value is -3.23. The van der Waals surface area contributed by atoms with Crippen molar-refractivity contribution in [2.24, 2.45) is 11.8 Å².